The summed E-state index contributed by atoms with van der Waals surface area (Å²) in [5.41, 5.74) is 1.32. The molecule has 0 saturated heterocycles. The third-order valence-corrected chi connectivity index (χ3v) is 3.72. The predicted molar refractivity (Wildman–Crippen MR) is 83.5 cm³/mol. The summed E-state index contributed by atoms with van der Waals surface area (Å²) in [5.74, 6) is -0.372. The van der Waals surface area contributed by atoms with E-state index >= 15 is 0 Å². The molecule has 1 unspecified atom stereocenters. The Kier molecular flexibility index (Phi) is 5.57. The highest BCUT2D eigenvalue weighted by molar-refractivity contribution is 6.32. The molecule has 1 heterocycles. The lowest BCUT2D eigenvalue weighted by Gasteiger charge is -2.18. The molecule has 0 amide bonds. The minimum absolute atomic E-state index is 0.0562. The molecule has 2 aromatic rings. The number of halogens is 2. The van der Waals surface area contributed by atoms with Crippen LogP contribution in [0.25, 0.3) is 0 Å². The van der Waals surface area contributed by atoms with E-state index in [0.29, 0.717) is 16.9 Å². The zero-order chi connectivity index (χ0) is 16.1. The SMILES string of the molecule is COC(=O)C(Cc1cnc(Cl)nc1Cl)c1ccccc1OC. The maximum atomic E-state index is 12.2. The lowest BCUT2D eigenvalue weighted by atomic mass is 9.92. The number of rotatable bonds is 5. The van der Waals surface area contributed by atoms with Gasteiger partial charge >= 0.3 is 5.97 Å². The first-order chi connectivity index (χ1) is 10.6. The van der Waals surface area contributed by atoms with E-state index in [4.69, 9.17) is 32.7 Å². The first-order valence-electron chi connectivity index (χ1n) is 6.44. The van der Waals surface area contributed by atoms with Gasteiger partial charge in [0.1, 0.15) is 10.9 Å². The van der Waals surface area contributed by atoms with Crippen molar-refractivity contribution in [1.29, 1.82) is 0 Å². The molecule has 1 aromatic heterocycles. The summed E-state index contributed by atoms with van der Waals surface area (Å²) >= 11 is 11.8. The number of benzene rings is 1. The van der Waals surface area contributed by atoms with Gasteiger partial charge in [-0.05, 0) is 24.1 Å². The van der Waals surface area contributed by atoms with Crippen LogP contribution in [0.3, 0.4) is 0 Å². The van der Waals surface area contributed by atoms with E-state index in [1.54, 1.807) is 13.2 Å². The Morgan fingerprint density at radius 3 is 2.64 bits per heavy atom. The normalized spacial score (nSPS) is 11.8. The minimum Gasteiger partial charge on any atom is -0.496 e. The van der Waals surface area contributed by atoms with Crippen molar-refractivity contribution in [1.82, 2.24) is 9.97 Å². The third kappa shape index (κ3) is 3.67. The smallest absolute Gasteiger partial charge is 0.313 e. The Morgan fingerprint density at radius 2 is 2.00 bits per heavy atom. The van der Waals surface area contributed by atoms with Crippen LogP contribution in [0, 0.1) is 0 Å². The molecule has 1 aromatic carbocycles. The second-order valence-corrected chi connectivity index (χ2v) is 5.17. The predicted octanol–water partition coefficient (Wildman–Crippen LogP) is 3.29. The molecule has 0 N–H and O–H groups in total. The highest BCUT2D eigenvalue weighted by atomic mass is 35.5. The highest BCUT2D eigenvalue weighted by Crippen LogP contribution is 2.31. The maximum Gasteiger partial charge on any atom is 0.313 e. The van der Waals surface area contributed by atoms with Gasteiger partial charge in [0.05, 0.1) is 20.1 Å². The van der Waals surface area contributed by atoms with E-state index in [0.717, 1.165) is 0 Å². The van der Waals surface area contributed by atoms with E-state index in [-0.39, 0.29) is 16.9 Å². The Labute approximate surface area is 138 Å². The molecule has 0 aliphatic heterocycles. The van der Waals surface area contributed by atoms with Crippen molar-refractivity contribution in [2.24, 2.45) is 0 Å². The van der Waals surface area contributed by atoms with Crippen LogP contribution in [-0.2, 0) is 16.0 Å². The van der Waals surface area contributed by atoms with Crippen LogP contribution in [-0.4, -0.2) is 30.2 Å². The van der Waals surface area contributed by atoms with Crippen LogP contribution >= 0.6 is 23.2 Å². The van der Waals surface area contributed by atoms with Crippen LogP contribution in [0.5, 0.6) is 5.75 Å². The van der Waals surface area contributed by atoms with Gasteiger partial charge < -0.3 is 9.47 Å². The van der Waals surface area contributed by atoms with Crippen molar-refractivity contribution in [2.75, 3.05) is 14.2 Å². The lowest BCUT2D eigenvalue weighted by Crippen LogP contribution is -2.18. The molecular weight excluding hydrogens is 327 g/mol. The van der Waals surface area contributed by atoms with Crippen molar-refractivity contribution >= 4 is 29.2 Å². The van der Waals surface area contributed by atoms with Crippen LogP contribution in [0.15, 0.2) is 30.5 Å². The summed E-state index contributed by atoms with van der Waals surface area (Å²) in [6.07, 6.45) is 1.78. The van der Waals surface area contributed by atoms with Crippen LogP contribution in [0.4, 0.5) is 0 Å². The molecule has 0 fully saturated rings. The van der Waals surface area contributed by atoms with Crippen LogP contribution in [0.1, 0.15) is 17.0 Å². The van der Waals surface area contributed by atoms with Gasteiger partial charge in [0, 0.05) is 17.3 Å². The Bertz CT molecular complexity index is 680. The maximum absolute atomic E-state index is 12.2. The molecule has 7 heteroatoms. The second-order valence-electron chi connectivity index (χ2n) is 4.48. The van der Waals surface area contributed by atoms with Gasteiger partial charge in [0.25, 0.3) is 0 Å². The number of hydrogen-bond acceptors (Lipinski definition) is 5. The molecule has 1 atom stereocenters. The molecule has 0 spiro atoms. The molecule has 2 rings (SSSR count). The number of ether oxygens (including phenoxy) is 2. The van der Waals surface area contributed by atoms with Gasteiger partial charge in [-0.3, -0.25) is 4.79 Å². The highest BCUT2D eigenvalue weighted by Gasteiger charge is 2.26. The number of carbonyl (C=O) groups excluding carboxylic acids is 1. The summed E-state index contributed by atoms with van der Waals surface area (Å²) in [6, 6.07) is 7.25. The monoisotopic (exact) mass is 340 g/mol. The van der Waals surface area contributed by atoms with Crippen molar-refractivity contribution in [3.8, 4) is 5.75 Å². The van der Waals surface area contributed by atoms with E-state index in [1.165, 1.54) is 13.3 Å². The largest absolute Gasteiger partial charge is 0.496 e. The molecule has 0 bridgehead atoms. The zero-order valence-corrected chi connectivity index (χ0v) is 13.6. The van der Waals surface area contributed by atoms with E-state index in [2.05, 4.69) is 9.97 Å². The van der Waals surface area contributed by atoms with Crippen molar-refractivity contribution < 1.29 is 14.3 Å². The van der Waals surface area contributed by atoms with Crippen molar-refractivity contribution in [3.63, 3.8) is 0 Å². The molecule has 5 nitrogen and oxygen atoms in total. The summed E-state index contributed by atoms with van der Waals surface area (Å²) in [6.45, 7) is 0. The first-order valence-corrected chi connectivity index (χ1v) is 7.20. The number of para-hydroxylation sites is 1. The fraction of sp³-hybridized carbons (Fsp3) is 0.267. The number of hydrogen-bond donors (Lipinski definition) is 0. The van der Waals surface area contributed by atoms with Crippen molar-refractivity contribution in [2.45, 2.75) is 12.3 Å². The van der Waals surface area contributed by atoms with E-state index in [9.17, 15) is 4.79 Å². The van der Waals surface area contributed by atoms with E-state index in [1.807, 2.05) is 18.2 Å². The van der Waals surface area contributed by atoms with Gasteiger partial charge in [0.15, 0.2) is 0 Å². The van der Waals surface area contributed by atoms with Crippen LogP contribution in [0.2, 0.25) is 10.4 Å². The number of esters is 1. The quantitative estimate of drug-likeness (QED) is 0.474. The van der Waals surface area contributed by atoms with Gasteiger partial charge in [-0.15, -0.1) is 0 Å². The van der Waals surface area contributed by atoms with Gasteiger partial charge in [-0.2, -0.15) is 0 Å². The van der Waals surface area contributed by atoms with Gasteiger partial charge in [0.2, 0.25) is 5.28 Å². The topological polar surface area (TPSA) is 61.3 Å². The summed E-state index contributed by atoms with van der Waals surface area (Å²) in [4.78, 5) is 20.0. The van der Waals surface area contributed by atoms with Crippen LogP contribution < -0.4 is 4.74 Å². The summed E-state index contributed by atoms with van der Waals surface area (Å²) in [5, 5.41) is 0.268. The number of aromatic nitrogens is 2. The summed E-state index contributed by atoms with van der Waals surface area (Å²) in [7, 11) is 2.89. The fourth-order valence-corrected chi connectivity index (χ4v) is 2.52. The molecule has 0 aliphatic rings. The van der Waals surface area contributed by atoms with Crippen molar-refractivity contribution in [3.05, 3.63) is 52.0 Å². The summed E-state index contributed by atoms with van der Waals surface area (Å²) < 4.78 is 10.2. The average molecular weight is 341 g/mol. The molecule has 0 aliphatic carbocycles. The third-order valence-electron chi connectivity index (χ3n) is 3.21. The minimum atomic E-state index is -0.580. The number of methoxy groups -OCH3 is 2. The zero-order valence-electron chi connectivity index (χ0n) is 12.0. The molecule has 22 heavy (non-hydrogen) atoms. The Morgan fingerprint density at radius 1 is 1.27 bits per heavy atom. The standard InChI is InChI=1S/C15H14Cl2N2O3/c1-21-12-6-4-3-5-10(12)11(14(20)22-2)7-9-8-18-15(17)19-13(9)16/h3-6,8,11H,7H2,1-2H3. The number of carbonyl (C=O) groups is 1. The Hall–Kier alpha value is -1.85. The molecule has 0 radical (unpaired) electrons. The van der Waals surface area contributed by atoms with E-state index < -0.39 is 11.9 Å². The number of nitrogens with zero attached hydrogens (tertiary/aromatic N) is 2. The lowest BCUT2D eigenvalue weighted by molar-refractivity contribution is -0.142. The second kappa shape index (κ2) is 7.42. The molecule has 0 saturated carbocycles. The molecular formula is C15H14Cl2N2O3. The average Bonchev–Trinajstić information content (AvgIpc) is 2.53. The fourth-order valence-electron chi connectivity index (χ4n) is 2.14. The van der Waals surface area contributed by atoms with Gasteiger partial charge in [-0.25, -0.2) is 9.97 Å². The van der Waals surface area contributed by atoms with Gasteiger partial charge in [-0.1, -0.05) is 29.8 Å². The first kappa shape index (κ1) is 16.5. The molecule has 116 valence electrons. The Balaban J connectivity index is 2.40.